The number of esters is 1. The molecule has 0 radical (unpaired) electrons. The van der Waals surface area contributed by atoms with Crippen LogP contribution in [0.2, 0.25) is 0 Å². The van der Waals surface area contributed by atoms with E-state index in [2.05, 4.69) is 0 Å². The van der Waals surface area contributed by atoms with Crippen LogP contribution >= 0.6 is 11.8 Å². The zero-order chi connectivity index (χ0) is 16.9. The van der Waals surface area contributed by atoms with Crippen LogP contribution in [0.5, 0.6) is 0 Å². The summed E-state index contributed by atoms with van der Waals surface area (Å²) in [5, 5.41) is 0.0223. The van der Waals surface area contributed by atoms with Gasteiger partial charge in [0.05, 0.1) is 12.5 Å². The highest BCUT2D eigenvalue weighted by molar-refractivity contribution is 7.99. The number of likely N-dealkylation sites (tertiary alicyclic amines) is 1. The average molecular weight is 331 g/mol. The molecule has 2 unspecified atom stereocenters. The molecule has 0 saturated carbocycles. The van der Waals surface area contributed by atoms with Crippen molar-refractivity contribution in [3.05, 3.63) is 0 Å². The fraction of sp³-hybridized carbons (Fsp3) is 0.875. The van der Waals surface area contributed by atoms with E-state index in [1.807, 2.05) is 34.0 Å². The van der Waals surface area contributed by atoms with E-state index in [1.54, 1.807) is 23.6 Å². The highest BCUT2D eigenvalue weighted by Crippen LogP contribution is 2.32. The molecule has 1 aliphatic rings. The largest absolute Gasteiger partial charge is 0.466 e. The van der Waals surface area contributed by atoms with Crippen LogP contribution in [0.4, 0.5) is 4.79 Å². The maximum Gasteiger partial charge on any atom is 0.410 e. The van der Waals surface area contributed by atoms with E-state index in [1.165, 1.54) is 0 Å². The fourth-order valence-corrected chi connectivity index (χ4v) is 3.90. The summed E-state index contributed by atoms with van der Waals surface area (Å²) in [4.78, 5) is 26.2. The van der Waals surface area contributed by atoms with E-state index in [4.69, 9.17) is 9.47 Å². The van der Waals surface area contributed by atoms with Gasteiger partial charge in [0.1, 0.15) is 5.60 Å². The molecule has 0 aromatic rings. The Balaban J connectivity index is 2.82. The van der Waals surface area contributed by atoms with Crippen molar-refractivity contribution in [3.63, 3.8) is 0 Å². The summed E-state index contributed by atoms with van der Waals surface area (Å²) in [6.07, 6.45) is 3.53. The molecule has 22 heavy (non-hydrogen) atoms. The summed E-state index contributed by atoms with van der Waals surface area (Å²) in [6, 6.07) is 0.0178. The third-order valence-electron chi connectivity index (χ3n) is 3.73. The van der Waals surface area contributed by atoms with Crippen LogP contribution in [0.25, 0.3) is 0 Å². The van der Waals surface area contributed by atoms with E-state index in [0.717, 1.165) is 12.8 Å². The average Bonchev–Trinajstić information content (AvgIpc) is 2.87. The molecular weight excluding hydrogens is 302 g/mol. The molecule has 1 fully saturated rings. The normalized spacial score (nSPS) is 21.4. The zero-order valence-corrected chi connectivity index (χ0v) is 15.4. The Bertz CT molecular complexity index is 394. The minimum atomic E-state index is -0.508. The minimum Gasteiger partial charge on any atom is -0.466 e. The van der Waals surface area contributed by atoms with Gasteiger partial charge in [-0.2, -0.15) is 11.8 Å². The van der Waals surface area contributed by atoms with E-state index >= 15 is 0 Å². The van der Waals surface area contributed by atoms with Gasteiger partial charge >= 0.3 is 12.1 Å². The van der Waals surface area contributed by atoms with Crippen LogP contribution < -0.4 is 0 Å². The standard InChI is InChI=1S/C16H29NO4S/c1-7-20-14(18)11(2)13(22-6)12-9-8-10-17(12)15(19)21-16(3,4)5/h11-13H,7-10H2,1-6H3/t11?,12-,13?/m0/s1. The molecule has 0 aromatic carbocycles. The quantitative estimate of drug-likeness (QED) is 0.723. The molecule has 1 saturated heterocycles. The maximum absolute atomic E-state index is 12.4. The molecule has 1 rings (SSSR count). The summed E-state index contributed by atoms with van der Waals surface area (Å²) in [7, 11) is 0. The van der Waals surface area contributed by atoms with Crippen LogP contribution in [0.3, 0.4) is 0 Å². The van der Waals surface area contributed by atoms with Crippen molar-refractivity contribution >= 4 is 23.8 Å². The van der Waals surface area contributed by atoms with Crippen molar-refractivity contribution in [2.45, 2.75) is 64.4 Å². The molecule has 0 bridgehead atoms. The smallest absolute Gasteiger partial charge is 0.410 e. The maximum atomic E-state index is 12.4. The van der Waals surface area contributed by atoms with Gasteiger partial charge in [-0.25, -0.2) is 4.79 Å². The van der Waals surface area contributed by atoms with Crippen molar-refractivity contribution in [1.29, 1.82) is 0 Å². The zero-order valence-electron chi connectivity index (χ0n) is 14.5. The predicted molar refractivity (Wildman–Crippen MR) is 89.1 cm³/mol. The van der Waals surface area contributed by atoms with Gasteiger partial charge in [-0.05, 0) is 46.8 Å². The first kappa shape index (κ1) is 19.1. The molecule has 0 spiro atoms. The van der Waals surface area contributed by atoms with Crippen molar-refractivity contribution < 1.29 is 19.1 Å². The second kappa shape index (κ2) is 8.09. The molecule has 5 nitrogen and oxygen atoms in total. The van der Waals surface area contributed by atoms with Crippen molar-refractivity contribution in [1.82, 2.24) is 4.90 Å². The number of carbonyl (C=O) groups excluding carboxylic acids is 2. The molecule has 0 N–H and O–H groups in total. The van der Waals surface area contributed by atoms with Gasteiger partial charge < -0.3 is 14.4 Å². The number of carbonyl (C=O) groups is 2. The number of amides is 1. The Morgan fingerprint density at radius 1 is 1.36 bits per heavy atom. The molecule has 6 heteroatoms. The van der Waals surface area contributed by atoms with E-state index < -0.39 is 5.60 Å². The SMILES string of the molecule is CCOC(=O)C(C)C(SC)[C@@H]1CCCN1C(=O)OC(C)(C)C. The monoisotopic (exact) mass is 331 g/mol. The Morgan fingerprint density at radius 3 is 2.50 bits per heavy atom. The third kappa shape index (κ3) is 5.07. The predicted octanol–water partition coefficient (Wildman–Crippen LogP) is 3.32. The molecule has 0 aromatic heterocycles. The lowest BCUT2D eigenvalue weighted by molar-refractivity contribution is -0.147. The molecule has 128 valence electrons. The first-order valence-electron chi connectivity index (χ1n) is 7.90. The minimum absolute atomic E-state index is 0.0178. The molecule has 1 amide bonds. The summed E-state index contributed by atoms with van der Waals surface area (Å²) >= 11 is 1.62. The molecule has 1 heterocycles. The summed E-state index contributed by atoms with van der Waals surface area (Å²) in [5.41, 5.74) is -0.508. The second-order valence-corrected chi connectivity index (χ2v) is 7.64. The molecule has 1 aliphatic heterocycles. The highest BCUT2D eigenvalue weighted by Gasteiger charge is 2.41. The van der Waals surface area contributed by atoms with E-state index in [0.29, 0.717) is 13.2 Å². The van der Waals surface area contributed by atoms with Gasteiger partial charge in [0.25, 0.3) is 0 Å². The molecule has 0 aliphatic carbocycles. The lowest BCUT2D eigenvalue weighted by Gasteiger charge is -2.34. The van der Waals surface area contributed by atoms with E-state index in [9.17, 15) is 9.59 Å². The van der Waals surface area contributed by atoms with Gasteiger partial charge in [0.15, 0.2) is 0 Å². The number of rotatable bonds is 5. The Morgan fingerprint density at radius 2 is 2.00 bits per heavy atom. The van der Waals surface area contributed by atoms with Crippen molar-refractivity contribution in [2.75, 3.05) is 19.4 Å². The summed E-state index contributed by atoms with van der Waals surface area (Å²) < 4.78 is 10.6. The van der Waals surface area contributed by atoms with Gasteiger partial charge in [-0.15, -0.1) is 0 Å². The summed E-state index contributed by atoms with van der Waals surface area (Å²) in [5.74, 6) is -0.444. The first-order valence-corrected chi connectivity index (χ1v) is 9.19. The van der Waals surface area contributed by atoms with Crippen molar-refractivity contribution in [3.8, 4) is 0 Å². The van der Waals surface area contributed by atoms with Crippen LogP contribution in [0, 0.1) is 5.92 Å². The topological polar surface area (TPSA) is 55.8 Å². The first-order chi connectivity index (χ1) is 10.2. The molecule has 3 atom stereocenters. The Labute approximate surface area is 138 Å². The lowest BCUT2D eigenvalue weighted by atomic mass is 9.99. The Kier molecular flexibility index (Phi) is 7.03. The number of nitrogens with zero attached hydrogens (tertiary/aromatic N) is 1. The third-order valence-corrected chi connectivity index (χ3v) is 5.00. The van der Waals surface area contributed by atoms with Gasteiger partial charge in [-0.1, -0.05) is 6.92 Å². The number of thioether (sulfide) groups is 1. The fourth-order valence-electron chi connectivity index (χ4n) is 2.78. The van der Waals surface area contributed by atoms with Gasteiger partial charge in [0, 0.05) is 17.8 Å². The van der Waals surface area contributed by atoms with Crippen LogP contribution in [-0.4, -0.2) is 53.3 Å². The molecular formula is C16H29NO4S. The van der Waals surface area contributed by atoms with Crippen LogP contribution in [0.1, 0.15) is 47.5 Å². The van der Waals surface area contributed by atoms with Crippen molar-refractivity contribution in [2.24, 2.45) is 5.92 Å². The summed E-state index contributed by atoms with van der Waals surface area (Å²) in [6.45, 7) is 10.3. The van der Waals surface area contributed by atoms with Crippen LogP contribution in [-0.2, 0) is 14.3 Å². The number of hydrogen-bond acceptors (Lipinski definition) is 5. The Hall–Kier alpha value is -0.910. The van der Waals surface area contributed by atoms with Gasteiger partial charge in [0.2, 0.25) is 0 Å². The number of hydrogen-bond donors (Lipinski definition) is 0. The van der Waals surface area contributed by atoms with Crippen LogP contribution in [0.15, 0.2) is 0 Å². The lowest BCUT2D eigenvalue weighted by Crippen LogP contribution is -2.47. The van der Waals surface area contributed by atoms with E-state index in [-0.39, 0.29) is 29.3 Å². The highest BCUT2D eigenvalue weighted by atomic mass is 32.2. The number of ether oxygens (including phenoxy) is 2. The second-order valence-electron chi connectivity index (χ2n) is 6.62. The van der Waals surface area contributed by atoms with Gasteiger partial charge in [-0.3, -0.25) is 4.79 Å².